The third-order valence-electron chi connectivity index (χ3n) is 17.2. The van der Waals surface area contributed by atoms with Gasteiger partial charge in [-0.2, -0.15) is 0 Å². The molecule has 5 fully saturated rings. The van der Waals surface area contributed by atoms with Gasteiger partial charge in [-0.15, -0.1) is 0 Å². The summed E-state index contributed by atoms with van der Waals surface area (Å²) in [5, 5.41) is 91.3. The number of benzene rings is 3. The van der Waals surface area contributed by atoms with Gasteiger partial charge in [0.25, 0.3) is 5.91 Å². The molecule has 0 bridgehead atoms. The summed E-state index contributed by atoms with van der Waals surface area (Å²) in [5.41, 5.74) is 14.6. The molecule has 3 aromatic rings. The van der Waals surface area contributed by atoms with Crippen molar-refractivity contribution in [2.24, 2.45) is 17.4 Å². The Balaban J connectivity index is 1.06. The van der Waals surface area contributed by atoms with E-state index in [4.69, 9.17) is 16.2 Å². The molecule has 1 saturated carbocycles. The number of carbonyl (C=O) groups excluding carboxylic acids is 7. The fraction of sp³-hybridized carbons (Fsp3) is 0.583. The Morgan fingerprint density at radius 3 is 2.00 bits per heavy atom. The number of aliphatic hydroxyl groups is 6. The molecule has 5 aliphatic rings. The number of rotatable bonds is 15. The van der Waals surface area contributed by atoms with Crippen LogP contribution in [0.3, 0.4) is 0 Å². The molecule has 0 unspecified atom stereocenters. The Labute approximate surface area is 499 Å². The number of aliphatic hydroxyl groups excluding tert-OH is 6. The fourth-order valence-electron chi connectivity index (χ4n) is 12.3. The number of piperazine rings is 1. The van der Waals surface area contributed by atoms with Gasteiger partial charge in [0.15, 0.2) is 11.5 Å². The van der Waals surface area contributed by atoms with E-state index in [0.717, 1.165) is 52.8 Å². The average Bonchev–Trinajstić information content (AvgIpc) is 2.00. The number of β-amino-alcohol motifs (C(OH)–C–C–N with tert-alkyl or cyclic N) is 1. The lowest BCUT2D eigenvalue weighted by Crippen LogP contribution is -2.64. The summed E-state index contributed by atoms with van der Waals surface area (Å²) in [7, 11) is 0. The van der Waals surface area contributed by atoms with Crippen molar-refractivity contribution in [2.45, 2.75) is 151 Å². The largest absolute Gasteiger partial charge is 0.504 e. The highest BCUT2D eigenvalue weighted by Gasteiger charge is 2.50. The SMILES string of the molecule is C[C@@H](O)[C@@H]1NC(=O)[C@@H](NC(=O)c2ccc(-c3ccc(N4CCN(C5CCCCC5)CC4)cc3)cc2)C[C@@H](O)CNC(=O)[C@@H]2[C@@H](O)[C@@H](C)CN2C(=O)[C@H]([C@H](O)CCN)NC(=O)[C@H]([C@H](O)Cc2ccc(O)c(OCCN)c2)NC(=O)[C@@H]2C[C@@H](O)CN2C1=O. The average molecular weight is 1200 g/mol. The molecule has 1 aliphatic carbocycles. The highest BCUT2D eigenvalue weighted by molar-refractivity contribution is 6.00. The highest BCUT2D eigenvalue weighted by Crippen LogP contribution is 2.31. The van der Waals surface area contributed by atoms with E-state index in [-0.39, 0.29) is 55.3 Å². The normalized spacial score (nSPS) is 28.2. The van der Waals surface area contributed by atoms with Gasteiger partial charge in [-0.3, -0.25) is 38.5 Å². The van der Waals surface area contributed by atoms with Gasteiger partial charge >= 0.3 is 0 Å². The van der Waals surface area contributed by atoms with Crippen molar-refractivity contribution in [3.63, 3.8) is 0 Å². The molecule has 86 heavy (non-hydrogen) atoms. The van der Waals surface area contributed by atoms with Crippen LogP contribution >= 0.6 is 0 Å². The van der Waals surface area contributed by atoms with Crippen LogP contribution in [0.4, 0.5) is 5.69 Å². The Kier molecular flexibility index (Phi) is 22.4. The van der Waals surface area contributed by atoms with E-state index < -0.39 is 152 Å². The zero-order chi connectivity index (χ0) is 61.9. The van der Waals surface area contributed by atoms with Gasteiger partial charge in [0, 0.05) is 94.8 Å². The van der Waals surface area contributed by atoms with E-state index in [1.165, 1.54) is 57.2 Å². The summed E-state index contributed by atoms with van der Waals surface area (Å²) >= 11 is 0. The van der Waals surface area contributed by atoms with Crippen molar-refractivity contribution in [1.82, 2.24) is 41.3 Å². The number of phenolic OH excluding ortho intramolecular Hbond substituents is 1. The number of phenols is 1. The minimum atomic E-state index is -2.03. The summed E-state index contributed by atoms with van der Waals surface area (Å²) in [6, 6.07) is 8.60. The number of amides is 7. The molecule has 0 spiro atoms. The van der Waals surface area contributed by atoms with Crippen LogP contribution in [-0.4, -0.2) is 236 Å². The molecular weight excluding hydrogens is 1110 g/mol. The number of nitrogens with two attached hydrogens (primary N) is 2. The minimum Gasteiger partial charge on any atom is -0.504 e. The quantitative estimate of drug-likeness (QED) is 0.0728. The second kappa shape index (κ2) is 29.6. The predicted molar refractivity (Wildman–Crippen MR) is 314 cm³/mol. The zero-order valence-electron chi connectivity index (χ0n) is 48.7. The maximum Gasteiger partial charge on any atom is 0.251 e. The molecule has 13 atom stereocenters. The topological polar surface area (TPSA) is 395 Å². The van der Waals surface area contributed by atoms with Crippen molar-refractivity contribution in [3.05, 3.63) is 77.9 Å². The Morgan fingerprint density at radius 1 is 0.709 bits per heavy atom. The number of nitrogens with one attached hydrogen (secondary N) is 5. The van der Waals surface area contributed by atoms with Crippen molar-refractivity contribution in [2.75, 3.05) is 70.4 Å². The van der Waals surface area contributed by atoms with Gasteiger partial charge < -0.3 is 93.2 Å². The van der Waals surface area contributed by atoms with Crippen LogP contribution in [0.2, 0.25) is 0 Å². The number of hydrogen-bond acceptors (Lipinski definition) is 19. The Morgan fingerprint density at radius 2 is 1.35 bits per heavy atom. The Hall–Kier alpha value is -7.01. The third kappa shape index (κ3) is 15.8. The molecule has 8 rings (SSSR count). The highest BCUT2D eigenvalue weighted by atomic mass is 16.5. The van der Waals surface area contributed by atoms with E-state index in [1.807, 2.05) is 12.1 Å². The molecule has 4 saturated heterocycles. The van der Waals surface area contributed by atoms with Crippen molar-refractivity contribution in [1.29, 1.82) is 0 Å². The second-order valence-corrected chi connectivity index (χ2v) is 23.5. The first-order chi connectivity index (χ1) is 41.1. The van der Waals surface area contributed by atoms with Crippen molar-refractivity contribution >= 4 is 47.0 Å². The predicted octanol–water partition coefficient (Wildman–Crippen LogP) is -2.85. The minimum absolute atomic E-state index is 0.00194. The summed E-state index contributed by atoms with van der Waals surface area (Å²) in [5.74, 6) is -8.47. The molecule has 26 nitrogen and oxygen atoms in total. The van der Waals surface area contributed by atoms with E-state index >= 15 is 0 Å². The van der Waals surface area contributed by atoms with Crippen LogP contribution in [0.1, 0.15) is 81.1 Å². The van der Waals surface area contributed by atoms with Crippen LogP contribution < -0.4 is 47.7 Å². The molecule has 26 heteroatoms. The van der Waals surface area contributed by atoms with Gasteiger partial charge in [-0.05, 0) is 85.8 Å². The van der Waals surface area contributed by atoms with E-state index in [0.29, 0.717) is 6.04 Å². The first kappa shape index (κ1) is 65.0. The van der Waals surface area contributed by atoms with E-state index in [1.54, 1.807) is 31.2 Å². The molecule has 4 heterocycles. The number of hydrogen-bond donors (Lipinski definition) is 14. The number of aromatic hydroxyl groups is 1. The lowest BCUT2D eigenvalue weighted by molar-refractivity contribution is -0.147. The number of fused-ring (bicyclic) bond motifs is 2. The first-order valence-electron chi connectivity index (χ1n) is 29.9. The van der Waals surface area contributed by atoms with Crippen molar-refractivity contribution in [3.8, 4) is 22.6 Å². The van der Waals surface area contributed by atoms with Crippen molar-refractivity contribution < 1.29 is 74.0 Å². The molecule has 7 amide bonds. The van der Waals surface area contributed by atoms with E-state index in [2.05, 4.69) is 48.5 Å². The third-order valence-corrected chi connectivity index (χ3v) is 17.2. The van der Waals surface area contributed by atoms with E-state index in [9.17, 15) is 69.3 Å². The Bertz CT molecular complexity index is 2840. The molecule has 3 aromatic carbocycles. The maximum atomic E-state index is 14.7. The molecule has 16 N–H and O–H groups in total. The molecule has 0 aromatic heterocycles. The first-order valence-corrected chi connectivity index (χ1v) is 29.9. The number of carbonyl (C=O) groups is 7. The van der Waals surface area contributed by atoms with Crippen LogP contribution in [-0.2, 0) is 35.2 Å². The van der Waals surface area contributed by atoms with Crippen LogP contribution in [0.5, 0.6) is 11.5 Å². The standard InChI is InChI=1S/C60H85N11O15/c1-33-31-71-52(53(33)78)58(83)63-30-41(73)28-43(64-54(79)38-11-9-36(10-12-38)37-13-15-40(16-14-37)69-23-21-68(22-24-69)39-6-4-3-5-7-39)55(80)65-49(34(2)72)59(84)70-32-42(74)29-44(70)56(81)66-50(57(82)67-51(60(71)85)46(76)18-19-61)47(77)26-35-8-17-45(75)48(27-35)86-25-20-62/h8-17,27,33-34,39,41-44,46-47,49-53,72-78H,3-7,18-26,28-32,61-62H2,1-2H3,(H,63,83)(H,64,79)(H,65,80)(H,66,81)(H,67,82)/t33-,34+,41+,42+,43-,44-,46+,47+,49-,50-,51-,52-,53-/m0/s1. The smallest absolute Gasteiger partial charge is 0.251 e. The number of anilines is 1. The summed E-state index contributed by atoms with van der Waals surface area (Å²) < 4.78 is 5.52. The lowest BCUT2D eigenvalue weighted by atomic mass is 9.94. The van der Waals surface area contributed by atoms with Gasteiger partial charge in [-0.1, -0.05) is 56.5 Å². The van der Waals surface area contributed by atoms with Gasteiger partial charge in [-0.25, -0.2) is 0 Å². The zero-order valence-corrected chi connectivity index (χ0v) is 48.7. The second-order valence-electron chi connectivity index (χ2n) is 23.5. The molecular formula is C60H85N11O15. The number of nitrogens with zero attached hydrogens (tertiary/aromatic N) is 4. The maximum absolute atomic E-state index is 14.7. The summed E-state index contributed by atoms with van der Waals surface area (Å²) in [6.45, 7) is 5.08. The van der Waals surface area contributed by atoms with Gasteiger partial charge in [0.1, 0.15) is 42.9 Å². The number of ether oxygens (including phenoxy) is 1. The lowest BCUT2D eigenvalue weighted by Gasteiger charge is -2.41. The summed E-state index contributed by atoms with van der Waals surface area (Å²) in [4.78, 5) is 108. The van der Waals surface area contributed by atoms with Crippen LogP contribution in [0.25, 0.3) is 11.1 Å². The fourth-order valence-corrected chi connectivity index (χ4v) is 12.3. The molecule has 0 radical (unpaired) electrons. The summed E-state index contributed by atoms with van der Waals surface area (Å²) in [6.07, 6.45) is -5.24. The molecule has 470 valence electrons. The monoisotopic (exact) mass is 1200 g/mol. The van der Waals surface area contributed by atoms with Gasteiger partial charge in [0.05, 0.1) is 36.6 Å². The van der Waals surface area contributed by atoms with Gasteiger partial charge in [0.2, 0.25) is 35.4 Å². The van der Waals surface area contributed by atoms with Crippen LogP contribution in [0.15, 0.2) is 66.7 Å². The molecule has 4 aliphatic heterocycles. The van der Waals surface area contributed by atoms with Crippen LogP contribution in [0, 0.1) is 5.92 Å².